The first-order chi connectivity index (χ1) is 11.2. The molecule has 3 rings (SSSR count). The monoisotopic (exact) mass is 323 g/mol. The predicted octanol–water partition coefficient (Wildman–Crippen LogP) is 4.20. The van der Waals surface area contributed by atoms with Crippen molar-refractivity contribution in [1.82, 2.24) is 15.0 Å². The molecule has 1 aromatic heterocycles. The Morgan fingerprint density at radius 2 is 1.57 bits per heavy atom. The van der Waals surface area contributed by atoms with Gasteiger partial charge >= 0.3 is 0 Å². The van der Waals surface area contributed by atoms with E-state index in [0.29, 0.717) is 0 Å². The van der Waals surface area contributed by atoms with Crippen LogP contribution in [0.1, 0.15) is 26.3 Å². The normalized spacial score (nSPS) is 12.0. The fraction of sp³-hybridized carbons (Fsp3) is 0.368. The van der Waals surface area contributed by atoms with Crippen LogP contribution < -0.4 is 5.19 Å². The van der Waals surface area contributed by atoms with E-state index in [2.05, 4.69) is 73.5 Å². The summed E-state index contributed by atoms with van der Waals surface area (Å²) in [6.07, 6.45) is 0. The van der Waals surface area contributed by atoms with Crippen LogP contribution in [0.3, 0.4) is 0 Å². The number of aromatic nitrogens is 3. The lowest BCUT2D eigenvalue weighted by atomic mass is 10.2. The van der Waals surface area contributed by atoms with Gasteiger partial charge in [0.25, 0.3) is 0 Å². The van der Waals surface area contributed by atoms with Gasteiger partial charge in [-0.25, -0.2) is 4.68 Å². The van der Waals surface area contributed by atoms with Crippen LogP contribution in [-0.2, 0) is 6.54 Å². The molecule has 0 fully saturated rings. The lowest BCUT2D eigenvalue weighted by Gasteiger charge is -2.28. The number of nitrogens with zero attached hydrogens (tertiary/aromatic N) is 3. The van der Waals surface area contributed by atoms with Crippen LogP contribution in [-0.4, -0.2) is 23.1 Å². The summed E-state index contributed by atoms with van der Waals surface area (Å²) in [5.74, 6) is 0. The van der Waals surface area contributed by atoms with Crippen LogP contribution in [0, 0.1) is 0 Å². The smallest absolute Gasteiger partial charge is 0.112 e. The van der Waals surface area contributed by atoms with Gasteiger partial charge in [-0.2, -0.15) is 0 Å². The average Bonchev–Trinajstić information content (AvgIpc) is 3.02. The topological polar surface area (TPSA) is 30.7 Å². The third-order valence-electron chi connectivity index (χ3n) is 5.32. The van der Waals surface area contributed by atoms with E-state index in [1.807, 2.05) is 10.7 Å². The summed E-state index contributed by atoms with van der Waals surface area (Å²) in [5.41, 5.74) is 3.55. The molecule has 0 saturated carbocycles. The third-order valence-corrected chi connectivity index (χ3v) is 10.9. The van der Waals surface area contributed by atoms with Gasteiger partial charge < -0.3 is 0 Å². The first kappa shape index (κ1) is 15.9. The second-order valence-corrected chi connectivity index (χ2v) is 11.5. The second-order valence-electron chi connectivity index (χ2n) is 6.25. The van der Waals surface area contributed by atoms with E-state index in [-0.39, 0.29) is 0 Å². The zero-order chi connectivity index (χ0) is 16.3. The lowest BCUT2D eigenvalue weighted by Crippen LogP contribution is -2.46. The maximum Gasteiger partial charge on any atom is 0.112 e. The quantitative estimate of drug-likeness (QED) is 0.637. The second kappa shape index (κ2) is 6.67. The Morgan fingerprint density at radius 3 is 2.22 bits per heavy atom. The van der Waals surface area contributed by atoms with Crippen molar-refractivity contribution < 1.29 is 0 Å². The SMILES string of the molecule is CC[Si](CC)(CC)c1cccc2c1nnn2Cc1ccccc1. The van der Waals surface area contributed by atoms with Gasteiger partial charge in [0.2, 0.25) is 0 Å². The van der Waals surface area contributed by atoms with Crippen molar-refractivity contribution in [3.8, 4) is 0 Å². The maximum atomic E-state index is 4.57. The van der Waals surface area contributed by atoms with Crippen LogP contribution in [0.15, 0.2) is 48.5 Å². The van der Waals surface area contributed by atoms with Crippen molar-refractivity contribution in [3.05, 3.63) is 54.1 Å². The fourth-order valence-corrected chi connectivity index (χ4v) is 7.39. The molecular weight excluding hydrogens is 298 g/mol. The highest BCUT2D eigenvalue weighted by atomic mass is 28.3. The van der Waals surface area contributed by atoms with E-state index >= 15 is 0 Å². The minimum Gasteiger partial charge on any atom is -0.240 e. The molecule has 1 heterocycles. The summed E-state index contributed by atoms with van der Waals surface area (Å²) in [7, 11) is -1.45. The van der Waals surface area contributed by atoms with Crippen molar-refractivity contribution in [2.75, 3.05) is 0 Å². The van der Waals surface area contributed by atoms with Crippen molar-refractivity contribution >= 4 is 24.3 Å². The standard InChI is InChI=1S/C19H25N3Si/c1-4-23(5-2,6-3)18-14-10-13-17-19(18)20-21-22(17)15-16-11-8-7-9-12-16/h7-14H,4-6,15H2,1-3H3. The van der Waals surface area contributed by atoms with E-state index in [9.17, 15) is 0 Å². The highest BCUT2D eigenvalue weighted by molar-refractivity contribution is 6.93. The molecule has 0 aliphatic heterocycles. The molecule has 3 nitrogen and oxygen atoms in total. The Kier molecular flexibility index (Phi) is 4.62. The molecule has 0 atom stereocenters. The molecule has 0 N–H and O–H groups in total. The molecule has 120 valence electrons. The van der Waals surface area contributed by atoms with E-state index in [1.165, 1.54) is 34.4 Å². The zero-order valence-corrected chi connectivity index (χ0v) is 15.3. The number of hydrogen-bond donors (Lipinski definition) is 0. The zero-order valence-electron chi connectivity index (χ0n) is 14.3. The van der Waals surface area contributed by atoms with E-state index in [1.54, 1.807) is 0 Å². The van der Waals surface area contributed by atoms with E-state index < -0.39 is 8.07 Å². The van der Waals surface area contributed by atoms with Crippen LogP contribution in [0.25, 0.3) is 11.0 Å². The minimum absolute atomic E-state index is 0.778. The number of fused-ring (bicyclic) bond motifs is 1. The van der Waals surface area contributed by atoms with Gasteiger partial charge in [-0.05, 0) is 16.8 Å². The third kappa shape index (κ3) is 2.83. The molecule has 4 heteroatoms. The van der Waals surface area contributed by atoms with Gasteiger partial charge in [0.15, 0.2) is 0 Å². The summed E-state index contributed by atoms with van der Waals surface area (Å²) in [6, 6.07) is 20.9. The summed E-state index contributed by atoms with van der Waals surface area (Å²) < 4.78 is 2.04. The molecule has 3 aromatic rings. The van der Waals surface area contributed by atoms with Crippen LogP contribution >= 0.6 is 0 Å². The molecular formula is C19H25N3Si. The summed E-state index contributed by atoms with van der Waals surface area (Å²) in [4.78, 5) is 0. The Morgan fingerprint density at radius 1 is 0.870 bits per heavy atom. The number of hydrogen-bond acceptors (Lipinski definition) is 2. The Hall–Kier alpha value is -1.94. The molecule has 0 amide bonds. The molecule has 0 aliphatic carbocycles. The molecule has 2 aromatic carbocycles. The van der Waals surface area contributed by atoms with E-state index in [0.717, 1.165) is 12.1 Å². The van der Waals surface area contributed by atoms with Crippen molar-refractivity contribution in [1.29, 1.82) is 0 Å². The minimum atomic E-state index is -1.45. The molecule has 0 radical (unpaired) electrons. The Labute approximate surface area is 139 Å². The summed E-state index contributed by atoms with van der Waals surface area (Å²) in [6.45, 7) is 7.80. The van der Waals surface area contributed by atoms with Gasteiger partial charge in [0, 0.05) is 0 Å². The van der Waals surface area contributed by atoms with Crippen molar-refractivity contribution in [2.45, 2.75) is 45.4 Å². The van der Waals surface area contributed by atoms with Crippen molar-refractivity contribution in [3.63, 3.8) is 0 Å². The molecule has 0 saturated heterocycles. The Bertz CT molecular complexity index is 767. The molecule has 0 bridgehead atoms. The maximum absolute atomic E-state index is 4.57. The first-order valence-corrected chi connectivity index (χ1v) is 11.2. The van der Waals surface area contributed by atoms with Crippen LogP contribution in [0.4, 0.5) is 0 Å². The molecule has 0 spiro atoms. The van der Waals surface area contributed by atoms with Crippen molar-refractivity contribution in [2.24, 2.45) is 0 Å². The molecule has 0 unspecified atom stereocenters. The fourth-order valence-electron chi connectivity index (χ4n) is 3.61. The largest absolute Gasteiger partial charge is 0.240 e. The average molecular weight is 324 g/mol. The first-order valence-electron chi connectivity index (χ1n) is 8.60. The van der Waals surface area contributed by atoms with Gasteiger partial charge in [-0.15, -0.1) is 5.10 Å². The number of benzene rings is 2. The summed E-state index contributed by atoms with van der Waals surface area (Å²) >= 11 is 0. The number of rotatable bonds is 6. The van der Waals surface area contributed by atoms with Gasteiger partial charge in [-0.3, -0.25) is 0 Å². The van der Waals surface area contributed by atoms with Gasteiger partial charge in [0.1, 0.15) is 5.52 Å². The van der Waals surface area contributed by atoms with Gasteiger partial charge in [0.05, 0.1) is 20.1 Å². The molecule has 23 heavy (non-hydrogen) atoms. The summed E-state index contributed by atoms with van der Waals surface area (Å²) in [5, 5.41) is 10.5. The van der Waals surface area contributed by atoms with Crippen LogP contribution in [0.5, 0.6) is 0 Å². The van der Waals surface area contributed by atoms with Gasteiger partial charge in [-0.1, -0.05) is 86.6 Å². The van der Waals surface area contributed by atoms with Crippen LogP contribution in [0.2, 0.25) is 18.1 Å². The highest BCUT2D eigenvalue weighted by Gasteiger charge is 2.31. The Balaban J connectivity index is 2.07. The lowest BCUT2D eigenvalue weighted by molar-refractivity contribution is 0.670. The highest BCUT2D eigenvalue weighted by Crippen LogP contribution is 2.23. The molecule has 0 aliphatic rings. The van der Waals surface area contributed by atoms with E-state index in [4.69, 9.17) is 0 Å². The predicted molar refractivity (Wildman–Crippen MR) is 99.9 cm³/mol.